The fraction of sp³-hybridized carbons (Fsp3) is 0.500. The summed E-state index contributed by atoms with van der Waals surface area (Å²) in [7, 11) is 0. The molecule has 2 aromatic rings. The minimum Gasteiger partial charge on any atom is -0.352 e. The fourth-order valence-corrected chi connectivity index (χ4v) is 2.19. The predicted octanol–water partition coefficient (Wildman–Crippen LogP) is 1.70. The van der Waals surface area contributed by atoms with Crippen molar-refractivity contribution in [3.8, 4) is 11.4 Å². The zero-order valence-electron chi connectivity index (χ0n) is 13.4. The van der Waals surface area contributed by atoms with Gasteiger partial charge in [-0.1, -0.05) is 24.9 Å². The Morgan fingerprint density at radius 2 is 2.17 bits per heavy atom. The van der Waals surface area contributed by atoms with E-state index in [0.29, 0.717) is 31.1 Å². The van der Waals surface area contributed by atoms with E-state index in [2.05, 4.69) is 27.4 Å². The van der Waals surface area contributed by atoms with Crippen LogP contribution in [0.2, 0.25) is 0 Å². The molecule has 2 aromatic heterocycles. The van der Waals surface area contributed by atoms with Gasteiger partial charge in [-0.15, -0.1) is 0 Å². The molecule has 0 saturated heterocycles. The molecule has 23 heavy (non-hydrogen) atoms. The molecule has 0 radical (unpaired) electrons. The van der Waals surface area contributed by atoms with Gasteiger partial charge in [0.15, 0.2) is 0 Å². The first-order valence-corrected chi connectivity index (χ1v) is 7.95. The maximum absolute atomic E-state index is 12.0. The lowest BCUT2D eigenvalue weighted by molar-refractivity contribution is -0.121. The molecule has 0 fully saturated rings. The Kier molecular flexibility index (Phi) is 6.68. The Hall–Kier alpha value is -2.28. The lowest BCUT2D eigenvalue weighted by Crippen LogP contribution is -2.40. The summed E-state index contributed by atoms with van der Waals surface area (Å²) in [6.45, 7) is 2.57. The Morgan fingerprint density at radius 1 is 1.39 bits per heavy atom. The van der Waals surface area contributed by atoms with Gasteiger partial charge in [0.1, 0.15) is 0 Å². The van der Waals surface area contributed by atoms with Gasteiger partial charge >= 0.3 is 0 Å². The third kappa shape index (κ3) is 5.45. The maximum atomic E-state index is 12.0. The van der Waals surface area contributed by atoms with Crippen LogP contribution in [-0.2, 0) is 11.2 Å². The van der Waals surface area contributed by atoms with Crippen LogP contribution in [0.3, 0.4) is 0 Å². The topological polar surface area (TPSA) is 107 Å². The van der Waals surface area contributed by atoms with Crippen molar-refractivity contribution < 1.29 is 9.32 Å². The van der Waals surface area contributed by atoms with Gasteiger partial charge in [0.2, 0.25) is 17.6 Å². The van der Waals surface area contributed by atoms with Crippen molar-refractivity contribution in [1.82, 2.24) is 20.4 Å². The van der Waals surface area contributed by atoms with Crippen LogP contribution in [0, 0.1) is 0 Å². The van der Waals surface area contributed by atoms with Crippen LogP contribution in [0.1, 0.15) is 38.5 Å². The van der Waals surface area contributed by atoms with E-state index in [4.69, 9.17) is 10.3 Å². The molecule has 1 unspecified atom stereocenters. The average molecular weight is 317 g/mol. The number of hydrogen-bond acceptors (Lipinski definition) is 6. The molecule has 0 aliphatic rings. The molecule has 0 aromatic carbocycles. The molecule has 1 atom stereocenters. The van der Waals surface area contributed by atoms with Crippen molar-refractivity contribution in [3.63, 3.8) is 0 Å². The van der Waals surface area contributed by atoms with Crippen LogP contribution in [0.4, 0.5) is 0 Å². The summed E-state index contributed by atoms with van der Waals surface area (Å²) in [5, 5.41) is 6.86. The van der Waals surface area contributed by atoms with E-state index < -0.39 is 0 Å². The molecule has 0 aliphatic carbocycles. The van der Waals surface area contributed by atoms with Crippen LogP contribution in [0.25, 0.3) is 11.4 Å². The largest absolute Gasteiger partial charge is 0.352 e. The number of pyridine rings is 1. The van der Waals surface area contributed by atoms with E-state index in [9.17, 15) is 4.79 Å². The molecule has 7 nitrogen and oxygen atoms in total. The zero-order chi connectivity index (χ0) is 16.5. The third-order valence-corrected chi connectivity index (χ3v) is 3.53. The second-order valence-electron chi connectivity index (χ2n) is 5.39. The smallest absolute Gasteiger partial charge is 0.227 e. The summed E-state index contributed by atoms with van der Waals surface area (Å²) < 4.78 is 5.18. The van der Waals surface area contributed by atoms with Crippen molar-refractivity contribution in [2.45, 2.75) is 45.1 Å². The number of aryl methyl sites for hydroxylation is 1. The van der Waals surface area contributed by atoms with E-state index in [-0.39, 0.29) is 11.9 Å². The molecule has 0 spiro atoms. The number of rotatable bonds is 9. The van der Waals surface area contributed by atoms with Gasteiger partial charge < -0.3 is 15.6 Å². The number of nitrogens with two attached hydrogens (primary N) is 1. The number of aromatic nitrogens is 3. The molecule has 0 saturated carbocycles. The Balaban J connectivity index is 1.82. The SMILES string of the molecule is CCCCC(CN)NC(=O)CCc1nc(-c2ccncc2)no1. The molecule has 3 N–H and O–H groups in total. The molecular formula is C16H23N5O2. The predicted molar refractivity (Wildman–Crippen MR) is 86.4 cm³/mol. The van der Waals surface area contributed by atoms with Gasteiger partial charge in [0.25, 0.3) is 0 Å². The van der Waals surface area contributed by atoms with Crippen molar-refractivity contribution in [3.05, 3.63) is 30.4 Å². The molecule has 0 bridgehead atoms. The van der Waals surface area contributed by atoms with E-state index in [1.165, 1.54) is 0 Å². The highest BCUT2D eigenvalue weighted by molar-refractivity contribution is 5.76. The van der Waals surface area contributed by atoms with E-state index in [0.717, 1.165) is 24.8 Å². The van der Waals surface area contributed by atoms with Crippen molar-refractivity contribution in [2.24, 2.45) is 5.73 Å². The summed E-state index contributed by atoms with van der Waals surface area (Å²) in [6, 6.07) is 3.65. The van der Waals surface area contributed by atoms with Gasteiger partial charge in [-0.2, -0.15) is 4.98 Å². The lowest BCUT2D eigenvalue weighted by atomic mass is 10.1. The third-order valence-electron chi connectivity index (χ3n) is 3.53. The number of amides is 1. The Labute approximate surface area is 135 Å². The van der Waals surface area contributed by atoms with Gasteiger partial charge in [-0.05, 0) is 18.6 Å². The first-order valence-electron chi connectivity index (χ1n) is 7.95. The highest BCUT2D eigenvalue weighted by atomic mass is 16.5. The number of carbonyl (C=O) groups excluding carboxylic acids is 1. The van der Waals surface area contributed by atoms with Crippen LogP contribution >= 0.6 is 0 Å². The van der Waals surface area contributed by atoms with Crippen LogP contribution in [0.5, 0.6) is 0 Å². The maximum Gasteiger partial charge on any atom is 0.227 e. The summed E-state index contributed by atoms with van der Waals surface area (Å²) in [5.41, 5.74) is 6.51. The summed E-state index contributed by atoms with van der Waals surface area (Å²) >= 11 is 0. The molecular weight excluding hydrogens is 294 g/mol. The van der Waals surface area contributed by atoms with Gasteiger partial charge in [0, 0.05) is 43.4 Å². The first kappa shape index (κ1) is 17.1. The van der Waals surface area contributed by atoms with E-state index >= 15 is 0 Å². The zero-order valence-corrected chi connectivity index (χ0v) is 13.4. The van der Waals surface area contributed by atoms with Crippen molar-refractivity contribution in [2.75, 3.05) is 6.54 Å². The number of nitrogens with one attached hydrogen (secondary N) is 1. The molecule has 124 valence electrons. The van der Waals surface area contributed by atoms with Crippen LogP contribution in [0.15, 0.2) is 29.0 Å². The number of unbranched alkanes of at least 4 members (excludes halogenated alkanes) is 1. The molecule has 7 heteroatoms. The molecule has 1 amide bonds. The number of carbonyl (C=O) groups is 1. The number of nitrogens with zero attached hydrogens (tertiary/aromatic N) is 3. The summed E-state index contributed by atoms with van der Waals surface area (Å²) in [5.74, 6) is 0.913. The van der Waals surface area contributed by atoms with Gasteiger partial charge in [0.05, 0.1) is 0 Å². The second kappa shape index (κ2) is 8.99. The Morgan fingerprint density at radius 3 is 2.87 bits per heavy atom. The minimum atomic E-state index is -0.0415. The van der Waals surface area contributed by atoms with E-state index in [1.54, 1.807) is 24.5 Å². The first-order chi connectivity index (χ1) is 11.2. The molecule has 0 aliphatic heterocycles. The normalized spacial score (nSPS) is 12.1. The monoisotopic (exact) mass is 317 g/mol. The van der Waals surface area contributed by atoms with Crippen LogP contribution < -0.4 is 11.1 Å². The fourth-order valence-electron chi connectivity index (χ4n) is 2.19. The minimum absolute atomic E-state index is 0.0394. The second-order valence-corrected chi connectivity index (χ2v) is 5.39. The average Bonchev–Trinajstić information content (AvgIpc) is 3.06. The van der Waals surface area contributed by atoms with Crippen molar-refractivity contribution in [1.29, 1.82) is 0 Å². The van der Waals surface area contributed by atoms with Gasteiger partial charge in [-0.25, -0.2) is 0 Å². The standard InChI is InChI=1S/C16H23N5O2/c1-2-3-4-13(11-17)19-14(22)5-6-15-20-16(21-23-15)12-7-9-18-10-8-12/h7-10,13H,2-6,11,17H2,1H3,(H,19,22). The molecule has 2 heterocycles. The lowest BCUT2D eigenvalue weighted by Gasteiger charge is -2.15. The van der Waals surface area contributed by atoms with Crippen molar-refractivity contribution >= 4 is 5.91 Å². The Bertz CT molecular complexity index is 600. The quantitative estimate of drug-likeness (QED) is 0.729. The van der Waals surface area contributed by atoms with Crippen LogP contribution in [-0.4, -0.2) is 33.6 Å². The summed E-state index contributed by atoms with van der Waals surface area (Å²) in [4.78, 5) is 20.2. The summed E-state index contributed by atoms with van der Waals surface area (Å²) in [6.07, 6.45) is 7.11. The van der Waals surface area contributed by atoms with E-state index in [1.807, 2.05) is 0 Å². The number of hydrogen-bond donors (Lipinski definition) is 2. The highest BCUT2D eigenvalue weighted by Crippen LogP contribution is 2.14. The molecule has 2 rings (SSSR count). The highest BCUT2D eigenvalue weighted by Gasteiger charge is 2.13. The van der Waals surface area contributed by atoms with Gasteiger partial charge in [-0.3, -0.25) is 9.78 Å².